The molecule has 0 saturated carbocycles. The molecule has 0 amide bonds. The summed E-state index contributed by atoms with van der Waals surface area (Å²) < 4.78 is 7.38. The molecule has 0 bridgehead atoms. The molecule has 0 atom stereocenters. The average Bonchev–Trinajstić information content (AvgIpc) is 2.88. The van der Waals surface area contributed by atoms with Crippen molar-refractivity contribution in [3.63, 3.8) is 0 Å². The molecule has 0 radical (unpaired) electrons. The summed E-state index contributed by atoms with van der Waals surface area (Å²) >= 11 is 5.99. The van der Waals surface area contributed by atoms with Gasteiger partial charge in [0, 0.05) is 11.6 Å². The Bertz CT molecular complexity index is 516. The van der Waals surface area contributed by atoms with E-state index in [2.05, 4.69) is 24.3 Å². The van der Waals surface area contributed by atoms with Crippen LogP contribution in [0.4, 0.5) is 0 Å². The summed E-state index contributed by atoms with van der Waals surface area (Å²) in [6.07, 6.45) is 3.39. The van der Waals surface area contributed by atoms with Gasteiger partial charge in [-0.1, -0.05) is 25.4 Å². The van der Waals surface area contributed by atoms with Gasteiger partial charge in [-0.15, -0.1) is 0 Å². The summed E-state index contributed by atoms with van der Waals surface area (Å²) in [6.45, 7) is 7.60. The molecule has 2 heterocycles. The Kier molecular flexibility index (Phi) is 4.09. The minimum absolute atomic E-state index is 0.434. The lowest BCUT2D eigenvalue weighted by molar-refractivity contribution is 0.457. The van der Waals surface area contributed by atoms with Crippen molar-refractivity contribution in [3.8, 4) is 0 Å². The van der Waals surface area contributed by atoms with Crippen LogP contribution in [0.25, 0.3) is 0 Å². The zero-order valence-electron chi connectivity index (χ0n) is 10.9. The molecular formula is C13H18ClN3O. The van der Waals surface area contributed by atoms with Crippen molar-refractivity contribution in [2.45, 2.75) is 39.9 Å². The number of hydrogen-bond acceptors (Lipinski definition) is 3. The highest BCUT2D eigenvalue weighted by atomic mass is 35.5. The standard InChI is InChI=1S/C13H18ClN3O/c1-9(2)15-7-13-11(4-5-18-13)8-17-10(3)12(14)6-16-17/h4-6,9,15H,7-8H2,1-3H3. The predicted octanol–water partition coefficient (Wildman–Crippen LogP) is 2.98. The fourth-order valence-electron chi connectivity index (χ4n) is 1.70. The summed E-state index contributed by atoms with van der Waals surface area (Å²) in [7, 11) is 0. The van der Waals surface area contributed by atoms with Crippen LogP contribution in [0.1, 0.15) is 30.9 Å². The maximum atomic E-state index is 5.99. The van der Waals surface area contributed by atoms with Crippen LogP contribution in [-0.2, 0) is 13.1 Å². The molecule has 2 aromatic heterocycles. The van der Waals surface area contributed by atoms with E-state index >= 15 is 0 Å². The van der Waals surface area contributed by atoms with Crippen molar-refractivity contribution in [1.29, 1.82) is 0 Å². The fraction of sp³-hybridized carbons (Fsp3) is 0.462. The van der Waals surface area contributed by atoms with Crippen LogP contribution >= 0.6 is 11.6 Å². The van der Waals surface area contributed by atoms with Crippen LogP contribution in [-0.4, -0.2) is 15.8 Å². The molecule has 0 aliphatic heterocycles. The normalized spacial score (nSPS) is 11.4. The molecule has 1 N–H and O–H groups in total. The second kappa shape index (κ2) is 5.59. The molecule has 18 heavy (non-hydrogen) atoms. The topological polar surface area (TPSA) is 43.0 Å². The molecule has 2 aromatic rings. The smallest absolute Gasteiger partial charge is 0.122 e. The van der Waals surface area contributed by atoms with Crippen molar-refractivity contribution in [3.05, 3.63) is 40.6 Å². The first kappa shape index (κ1) is 13.2. The van der Waals surface area contributed by atoms with E-state index in [0.717, 1.165) is 23.6 Å². The number of aromatic nitrogens is 2. The number of hydrogen-bond donors (Lipinski definition) is 1. The molecule has 0 unspecified atom stereocenters. The van der Waals surface area contributed by atoms with E-state index in [-0.39, 0.29) is 0 Å². The molecule has 0 aliphatic rings. The molecule has 5 heteroatoms. The Morgan fingerprint density at radius 2 is 2.28 bits per heavy atom. The lowest BCUT2D eigenvalue weighted by Gasteiger charge is -2.08. The van der Waals surface area contributed by atoms with Crippen molar-refractivity contribution in [2.24, 2.45) is 0 Å². The quantitative estimate of drug-likeness (QED) is 0.906. The first-order valence-electron chi connectivity index (χ1n) is 6.04. The third kappa shape index (κ3) is 2.94. The molecule has 0 spiro atoms. The second-order valence-corrected chi connectivity index (χ2v) is 5.05. The SMILES string of the molecule is Cc1c(Cl)cnn1Cc1ccoc1CNC(C)C. The highest BCUT2D eigenvalue weighted by Gasteiger charge is 2.10. The Labute approximate surface area is 112 Å². The predicted molar refractivity (Wildman–Crippen MR) is 71.8 cm³/mol. The minimum Gasteiger partial charge on any atom is -0.468 e. The summed E-state index contributed by atoms with van der Waals surface area (Å²) in [6, 6.07) is 2.41. The lowest BCUT2D eigenvalue weighted by atomic mass is 10.2. The van der Waals surface area contributed by atoms with Gasteiger partial charge in [0.25, 0.3) is 0 Å². The molecule has 98 valence electrons. The Morgan fingerprint density at radius 3 is 2.89 bits per heavy atom. The molecular weight excluding hydrogens is 250 g/mol. The highest BCUT2D eigenvalue weighted by molar-refractivity contribution is 6.31. The second-order valence-electron chi connectivity index (χ2n) is 4.64. The largest absolute Gasteiger partial charge is 0.468 e. The average molecular weight is 268 g/mol. The van der Waals surface area contributed by atoms with Crippen molar-refractivity contribution in [1.82, 2.24) is 15.1 Å². The third-order valence-corrected chi connectivity index (χ3v) is 3.24. The van der Waals surface area contributed by atoms with Gasteiger partial charge in [0.2, 0.25) is 0 Å². The van der Waals surface area contributed by atoms with E-state index in [1.807, 2.05) is 17.7 Å². The van der Waals surface area contributed by atoms with Gasteiger partial charge in [-0.05, 0) is 13.0 Å². The Hall–Kier alpha value is -1.26. The van der Waals surface area contributed by atoms with Crippen LogP contribution in [0.2, 0.25) is 5.02 Å². The van der Waals surface area contributed by atoms with Crippen LogP contribution < -0.4 is 5.32 Å². The van der Waals surface area contributed by atoms with E-state index in [9.17, 15) is 0 Å². The van der Waals surface area contributed by atoms with E-state index < -0.39 is 0 Å². The summed E-state index contributed by atoms with van der Waals surface area (Å²) in [4.78, 5) is 0. The molecule has 2 rings (SSSR count). The van der Waals surface area contributed by atoms with Gasteiger partial charge in [-0.25, -0.2) is 0 Å². The van der Waals surface area contributed by atoms with Crippen molar-refractivity contribution < 1.29 is 4.42 Å². The number of nitrogens with zero attached hydrogens (tertiary/aromatic N) is 2. The molecule has 0 saturated heterocycles. The number of nitrogens with one attached hydrogen (secondary N) is 1. The lowest BCUT2D eigenvalue weighted by Crippen LogP contribution is -2.22. The van der Waals surface area contributed by atoms with Gasteiger partial charge in [0.1, 0.15) is 5.76 Å². The summed E-state index contributed by atoms with van der Waals surface area (Å²) in [5, 5.41) is 8.29. The van der Waals surface area contributed by atoms with Gasteiger partial charge < -0.3 is 9.73 Å². The summed E-state index contributed by atoms with van der Waals surface area (Å²) in [5.41, 5.74) is 2.10. The first-order valence-corrected chi connectivity index (χ1v) is 6.42. The molecule has 0 fully saturated rings. The number of halogens is 1. The van der Waals surface area contributed by atoms with Crippen molar-refractivity contribution >= 4 is 11.6 Å². The Balaban J connectivity index is 2.10. The van der Waals surface area contributed by atoms with Gasteiger partial charge in [0.15, 0.2) is 0 Å². The van der Waals surface area contributed by atoms with E-state index in [0.29, 0.717) is 17.6 Å². The van der Waals surface area contributed by atoms with Gasteiger partial charge in [-0.2, -0.15) is 5.10 Å². The van der Waals surface area contributed by atoms with Crippen LogP contribution in [0.15, 0.2) is 22.9 Å². The van der Waals surface area contributed by atoms with E-state index in [1.54, 1.807) is 12.5 Å². The Morgan fingerprint density at radius 1 is 1.50 bits per heavy atom. The highest BCUT2D eigenvalue weighted by Crippen LogP contribution is 2.17. The number of furan rings is 1. The van der Waals surface area contributed by atoms with Crippen LogP contribution in [0.3, 0.4) is 0 Å². The van der Waals surface area contributed by atoms with E-state index in [1.165, 1.54) is 0 Å². The van der Waals surface area contributed by atoms with Gasteiger partial charge in [-0.3, -0.25) is 4.68 Å². The monoisotopic (exact) mass is 267 g/mol. The maximum Gasteiger partial charge on any atom is 0.122 e. The van der Waals surface area contributed by atoms with Crippen LogP contribution in [0.5, 0.6) is 0 Å². The maximum absolute atomic E-state index is 5.99. The minimum atomic E-state index is 0.434. The summed E-state index contributed by atoms with van der Waals surface area (Å²) in [5.74, 6) is 0.953. The molecule has 0 aromatic carbocycles. The third-order valence-electron chi connectivity index (χ3n) is 2.87. The fourth-order valence-corrected chi connectivity index (χ4v) is 1.85. The molecule has 0 aliphatic carbocycles. The van der Waals surface area contributed by atoms with E-state index in [4.69, 9.17) is 16.0 Å². The zero-order chi connectivity index (χ0) is 13.1. The van der Waals surface area contributed by atoms with Crippen LogP contribution in [0, 0.1) is 6.92 Å². The molecule has 4 nitrogen and oxygen atoms in total. The van der Waals surface area contributed by atoms with Gasteiger partial charge >= 0.3 is 0 Å². The first-order chi connectivity index (χ1) is 8.58. The zero-order valence-corrected chi connectivity index (χ0v) is 11.7. The van der Waals surface area contributed by atoms with Gasteiger partial charge in [0.05, 0.1) is 36.3 Å². The van der Waals surface area contributed by atoms with Crippen molar-refractivity contribution in [2.75, 3.05) is 0 Å². The number of rotatable bonds is 5.